The maximum atomic E-state index is 12.2. The topological polar surface area (TPSA) is 83.8 Å². The third kappa shape index (κ3) is 5.79. The molecule has 0 aliphatic heterocycles. The number of methoxy groups -OCH3 is 1. The molecule has 1 aromatic carbocycles. The summed E-state index contributed by atoms with van der Waals surface area (Å²) in [7, 11) is 3.20. The van der Waals surface area contributed by atoms with Crippen molar-refractivity contribution in [3.05, 3.63) is 47.4 Å². The van der Waals surface area contributed by atoms with E-state index in [9.17, 15) is 9.59 Å². The van der Waals surface area contributed by atoms with Gasteiger partial charge in [-0.2, -0.15) is 0 Å². The number of nitrogens with zero attached hydrogens (tertiary/aromatic N) is 1. The fourth-order valence-electron chi connectivity index (χ4n) is 2.41. The number of benzene rings is 1. The first-order valence-electron chi connectivity index (χ1n) is 8.03. The van der Waals surface area contributed by atoms with Crippen LogP contribution in [0.25, 0.3) is 0 Å². The summed E-state index contributed by atoms with van der Waals surface area (Å²) < 4.78 is 10.4. The predicted molar refractivity (Wildman–Crippen MR) is 99.4 cm³/mol. The van der Waals surface area contributed by atoms with Crippen molar-refractivity contribution in [2.75, 3.05) is 32.6 Å². The molecule has 0 spiro atoms. The maximum absolute atomic E-state index is 12.2. The van der Waals surface area contributed by atoms with Crippen LogP contribution in [0.4, 0.5) is 5.69 Å². The minimum atomic E-state index is -0.278. The number of carbonyl (C=O) groups excluding carboxylic acids is 2. The van der Waals surface area contributed by atoms with E-state index in [0.29, 0.717) is 22.2 Å². The molecule has 2 amide bonds. The van der Waals surface area contributed by atoms with Gasteiger partial charge in [0.1, 0.15) is 11.5 Å². The van der Waals surface area contributed by atoms with Gasteiger partial charge >= 0.3 is 0 Å². The molecule has 2 aromatic rings. The van der Waals surface area contributed by atoms with Crippen molar-refractivity contribution in [2.45, 2.75) is 13.0 Å². The van der Waals surface area contributed by atoms with Crippen molar-refractivity contribution in [3.8, 4) is 5.75 Å². The van der Waals surface area contributed by atoms with Crippen LogP contribution < -0.4 is 15.4 Å². The molecule has 7 nitrogen and oxygen atoms in total. The van der Waals surface area contributed by atoms with Gasteiger partial charge in [0.25, 0.3) is 0 Å². The molecule has 0 bridgehead atoms. The smallest absolute Gasteiger partial charge is 0.238 e. The SMILES string of the molecule is COc1ccc(Cl)cc1NC(=O)CN(C)CC(=O)N[C@@H](C)c1ccco1. The van der Waals surface area contributed by atoms with Gasteiger partial charge in [-0.3, -0.25) is 14.5 Å². The maximum Gasteiger partial charge on any atom is 0.238 e. The Morgan fingerprint density at radius 1 is 1.27 bits per heavy atom. The van der Waals surface area contributed by atoms with E-state index < -0.39 is 0 Å². The van der Waals surface area contributed by atoms with Crippen LogP contribution in [0.2, 0.25) is 5.02 Å². The molecule has 0 unspecified atom stereocenters. The minimum Gasteiger partial charge on any atom is -0.495 e. The highest BCUT2D eigenvalue weighted by Crippen LogP contribution is 2.27. The molecule has 0 fully saturated rings. The number of ether oxygens (including phenoxy) is 1. The lowest BCUT2D eigenvalue weighted by Crippen LogP contribution is -2.39. The second-order valence-corrected chi connectivity index (χ2v) is 6.31. The fourth-order valence-corrected chi connectivity index (χ4v) is 2.58. The summed E-state index contributed by atoms with van der Waals surface area (Å²) in [4.78, 5) is 25.9. The van der Waals surface area contributed by atoms with Crippen LogP contribution in [0.3, 0.4) is 0 Å². The summed E-state index contributed by atoms with van der Waals surface area (Å²) in [5.41, 5.74) is 0.481. The van der Waals surface area contributed by atoms with Gasteiger partial charge in [0, 0.05) is 5.02 Å². The van der Waals surface area contributed by atoms with Gasteiger partial charge in [-0.05, 0) is 44.3 Å². The van der Waals surface area contributed by atoms with E-state index >= 15 is 0 Å². The minimum absolute atomic E-state index is 0.0399. The first-order chi connectivity index (χ1) is 12.4. The van der Waals surface area contributed by atoms with Gasteiger partial charge in [0.2, 0.25) is 11.8 Å². The van der Waals surface area contributed by atoms with E-state index in [-0.39, 0.29) is 30.9 Å². The molecule has 0 radical (unpaired) electrons. The van der Waals surface area contributed by atoms with Crippen molar-refractivity contribution in [3.63, 3.8) is 0 Å². The molecule has 2 rings (SSSR count). The summed E-state index contributed by atoms with van der Waals surface area (Å²) >= 11 is 5.94. The van der Waals surface area contributed by atoms with Crippen LogP contribution in [0.15, 0.2) is 41.0 Å². The third-order valence-corrected chi connectivity index (χ3v) is 3.85. The standard InChI is InChI=1S/C18H22ClN3O4/c1-12(15-5-4-8-26-15)20-17(23)10-22(2)11-18(24)21-14-9-13(19)6-7-16(14)25-3/h4-9,12H,10-11H2,1-3H3,(H,20,23)(H,21,24)/t12-/m0/s1. The van der Waals surface area contributed by atoms with Crippen LogP contribution in [-0.4, -0.2) is 44.0 Å². The number of hydrogen-bond acceptors (Lipinski definition) is 5. The zero-order valence-corrected chi connectivity index (χ0v) is 15.7. The van der Waals surface area contributed by atoms with E-state index in [1.165, 1.54) is 7.11 Å². The third-order valence-electron chi connectivity index (χ3n) is 3.61. The number of rotatable bonds is 8. The Bertz CT molecular complexity index is 749. The molecule has 2 N–H and O–H groups in total. The predicted octanol–water partition coefficient (Wildman–Crippen LogP) is 2.69. The molecule has 0 saturated carbocycles. The zero-order chi connectivity index (χ0) is 19.1. The molecule has 1 heterocycles. The number of likely N-dealkylation sites (N-methyl/N-ethyl adjacent to an activating group) is 1. The molecular weight excluding hydrogens is 358 g/mol. The van der Waals surface area contributed by atoms with Gasteiger partial charge in [-0.25, -0.2) is 0 Å². The number of hydrogen-bond donors (Lipinski definition) is 2. The van der Waals surface area contributed by atoms with E-state index in [0.717, 1.165) is 0 Å². The fraction of sp³-hybridized carbons (Fsp3) is 0.333. The zero-order valence-electron chi connectivity index (χ0n) is 14.9. The molecule has 0 saturated heterocycles. The average molecular weight is 380 g/mol. The van der Waals surface area contributed by atoms with Gasteiger partial charge in [0.15, 0.2) is 0 Å². The van der Waals surface area contributed by atoms with E-state index in [4.69, 9.17) is 20.8 Å². The Morgan fingerprint density at radius 3 is 2.65 bits per heavy atom. The Balaban J connectivity index is 1.83. The molecule has 26 heavy (non-hydrogen) atoms. The van der Waals surface area contributed by atoms with E-state index in [1.807, 2.05) is 6.92 Å². The van der Waals surface area contributed by atoms with Crippen molar-refractivity contribution in [2.24, 2.45) is 0 Å². The Kier molecular flexibility index (Phi) is 7.06. The number of carbonyl (C=O) groups is 2. The lowest BCUT2D eigenvalue weighted by Gasteiger charge is -2.18. The van der Waals surface area contributed by atoms with Crippen molar-refractivity contribution in [1.82, 2.24) is 10.2 Å². The molecule has 1 aromatic heterocycles. The number of halogens is 1. The summed E-state index contributed by atoms with van der Waals surface area (Å²) in [6.07, 6.45) is 1.55. The van der Waals surface area contributed by atoms with Crippen molar-refractivity contribution in [1.29, 1.82) is 0 Å². The lowest BCUT2D eigenvalue weighted by atomic mass is 10.2. The second-order valence-electron chi connectivity index (χ2n) is 5.87. The Morgan fingerprint density at radius 2 is 2.00 bits per heavy atom. The van der Waals surface area contributed by atoms with Gasteiger partial charge in [-0.15, -0.1) is 0 Å². The largest absolute Gasteiger partial charge is 0.495 e. The van der Waals surface area contributed by atoms with Gasteiger partial charge < -0.3 is 19.8 Å². The number of anilines is 1. The summed E-state index contributed by atoms with van der Waals surface area (Å²) in [6.45, 7) is 1.94. The molecule has 0 aliphatic rings. The average Bonchev–Trinajstić information content (AvgIpc) is 3.09. The highest BCUT2D eigenvalue weighted by Gasteiger charge is 2.16. The Hall–Kier alpha value is -2.51. The first-order valence-corrected chi connectivity index (χ1v) is 8.41. The monoisotopic (exact) mass is 379 g/mol. The molecular formula is C18H22ClN3O4. The number of nitrogens with one attached hydrogen (secondary N) is 2. The van der Waals surface area contributed by atoms with Crippen molar-refractivity contribution < 1.29 is 18.7 Å². The summed E-state index contributed by atoms with van der Waals surface area (Å²) in [6, 6.07) is 8.27. The van der Waals surface area contributed by atoms with Gasteiger partial charge in [0.05, 0.1) is 38.2 Å². The summed E-state index contributed by atoms with van der Waals surface area (Å²) in [5, 5.41) is 6.04. The van der Waals surface area contributed by atoms with Crippen LogP contribution in [-0.2, 0) is 9.59 Å². The highest BCUT2D eigenvalue weighted by atomic mass is 35.5. The molecule has 8 heteroatoms. The van der Waals surface area contributed by atoms with Crippen LogP contribution >= 0.6 is 11.6 Å². The van der Waals surface area contributed by atoms with Gasteiger partial charge in [-0.1, -0.05) is 11.6 Å². The molecule has 140 valence electrons. The van der Waals surface area contributed by atoms with Crippen molar-refractivity contribution >= 4 is 29.1 Å². The van der Waals surface area contributed by atoms with E-state index in [2.05, 4.69) is 10.6 Å². The number of furan rings is 1. The lowest BCUT2D eigenvalue weighted by molar-refractivity contribution is -0.123. The number of amides is 2. The molecule has 1 atom stereocenters. The molecule has 0 aliphatic carbocycles. The highest BCUT2D eigenvalue weighted by molar-refractivity contribution is 6.31. The quantitative estimate of drug-likeness (QED) is 0.736. The van der Waals surface area contributed by atoms with E-state index in [1.54, 1.807) is 48.5 Å². The second kappa shape index (κ2) is 9.26. The first kappa shape index (κ1) is 19.8. The van der Waals surface area contributed by atoms with Crippen LogP contribution in [0, 0.1) is 0 Å². The van der Waals surface area contributed by atoms with Crippen LogP contribution in [0.5, 0.6) is 5.75 Å². The summed E-state index contributed by atoms with van der Waals surface area (Å²) in [5.74, 6) is 0.701. The van der Waals surface area contributed by atoms with Crippen LogP contribution in [0.1, 0.15) is 18.7 Å². The Labute approximate surface area is 157 Å². The normalized spacial score (nSPS) is 11.9.